The molecular weight excluding hydrogens is 378 g/mol. The van der Waals surface area contributed by atoms with Crippen LogP contribution in [0.2, 0.25) is 0 Å². The molecule has 2 saturated heterocycles. The molecule has 1 unspecified atom stereocenters. The smallest absolute Gasteiger partial charge is 0.273 e. The molecule has 1 atom stereocenters. The topological polar surface area (TPSA) is 61.8 Å². The summed E-state index contributed by atoms with van der Waals surface area (Å²) in [4.78, 5) is 29.8. The Labute approximate surface area is 180 Å². The number of piperidine rings is 1. The van der Waals surface area contributed by atoms with E-state index < -0.39 is 0 Å². The highest BCUT2D eigenvalue weighted by atomic mass is 16.5. The van der Waals surface area contributed by atoms with Crippen LogP contribution in [0.1, 0.15) is 81.3 Å². The van der Waals surface area contributed by atoms with E-state index in [1.54, 1.807) is 0 Å². The fourth-order valence-corrected chi connectivity index (χ4v) is 4.81. The second kappa shape index (κ2) is 9.94. The van der Waals surface area contributed by atoms with Gasteiger partial charge in [-0.25, -0.2) is 4.98 Å². The van der Waals surface area contributed by atoms with E-state index in [9.17, 15) is 4.79 Å². The number of hydrogen-bond donors (Lipinski definition) is 0. The lowest BCUT2D eigenvalue weighted by Gasteiger charge is -2.31. The van der Waals surface area contributed by atoms with E-state index in [2.05, 4.69) is 23.6 Å². The molecule has 7 heteroatoms. The Morgan fingerprint density at radius 1 is 0.967 bits per heavy atom. The Balaban J connectivity index is 1.58. The summed E-state index contributed by atoms with van der Waals surface area (Å²) in [6.07, 6.45) is 9.65. The first-order chi connectivity index (χ1) is 14.7. The number of carbonyl (C=O) groups excluding carboxylic acids is 1. The van der Waals surface area contributed by atoms with Crippen molar-refractivity contribution in [3.05, 3.63) is 11.3 Å². The Kier molecular flexibility index (Phi) is 7.08. The summed E-state index contributed by atoms with van der Waals surface area (Å²) in [5.41, 5.74) is 1.67. The fraction of sp³-hybridized carbons (Fsp3) is 0.783. The van der Waals surface area contributed by atoms with Crippen LogP contribution in [0.15, 0.2) is 0 Å². The Bertz CT molecular complexity index is 729. The zero-order chi connectivity index (χ0) is 20.9. The van der Waals surface area contributed by atoms with Gasteiger partial charge in [0, 0.05) is 37.8 Å². The van der Waals surface area contributed by atoms with Gasteiger partial charge < -0.3 is 19.4 Å². The molecule has 0 saturated carbocycles. The van der Waals surface area contributed by atoms with Crippen molar-refractivity contribution in [2.24, 2.45) is 0 Å². The third kappa shape index (κ3) is 4.56. The van der Waals surface area contributed by atoms with E-state index in [-0.39, 0.29) is 11.9 Å². The molecule has 1 amide bonds. The maximum Gasteiger partial charge on any atom is 0.273 e. The van der Waals surface area contributed by atoms with Gasteiger partial charge in [-0.15, -0.1) is 0 Å². The third-order valence-corrected chi connectivity index (χ3v) is 6.72. The molecule has 0 aliphatic carbocycles. The lowest BCUT2D eigenvalue weighted by atomic mass is 10.1. The number of rotatable bonds is 8. The van der Waals surface area contributed by atoms with E-state index >= 15 is 0 Å². The molecule has 30 heavy (non-hydrogen) atoms. The van der Waals surface area contributed by atoms with Gasteiger partial charge in [-0.05, 0) is 32.6 Å². The molecule has 0 bridgehead atoms. The van der Waals surface area contributed by atoms with Crippen LogP contribution in [0.3, 0.4) is 0 Å². The number of hydrogen-bond acceptors (Lipinski definition) is 6. The van der Waals surface area contributed by atoms with Crippen LogP contribution >= 0.6 is 0 Å². The maximum absolute atomic E-state index is 13.4. The van der Waals surface area contributed by atoms with Gasteiger partial charge in [0.25, 0.3) is 5.91 Å². The predicted molar refractivity (Wildman–Crippen MR) is 119 cm³/mol. The second-order valence-corrected chi connectivity index (χ2v) is 8.95. The summed E-state index contributed by atoms with van der Waals surface area (Å²) in [6, 6.07) is 0.240. The number of fused-ring (bicyclic) bond motifs is 1. The summed E-state index contributed by atoms with van der Waals surface area (Å²) in [7, 11) is 0. The quantitative estimate of drug-likeness (QED) is 0.605. The monoisotopic (exact) mass is 415 g/mol. The molecule has 7 nitrogen and oxygen atoms in total. The molecule has 3 aliphatic heterocycles. The van der Waals surface area contributed by atoms with Gasteiger partial charge >= 0.3 is 0 Å². The number of anilines is 2. The van der Waals surface area contributed by atoms with Crippen LogP contribution in [0.4, 0.5) is 11.8 Å². The Morgan fingerprint density at radius 3 is 2.47 bits per heavy atom. The van der Waals surface area contributed by atoms with Crippen LogP contribution in [0, 0.1) is 0 Å². The number of carbonyl (C=O) groups is 1. The van der Waals surface area contributed by atoms with Crippen LogP contribution in [0.5, 0.6) is 0 Å². The molecule has 4 rings (SSSR count). The van der Waals surface area contributed by atoms with Crippen molar-refractivity contribution in [1.29, 1.82) is 0 Å². The minimum Gasteiger partial charge on any atom is -0.378 e. The highest BCUT2D eigenvalue weighted by molar-refractivity contribution is 5.98. The van der Waals surface area contributed by atoms with Gasteiger partial charge in [0.15, 0.2) is 0 Å². The summed E-state index contributed by atoms with van der Waals surface area (Å²) in [5.74, 6) is 1.78. The molecule has 166 valence electrons. The van der Waals surface area contributed by atoms with Crippen molar-refractivity contribution in [3.63, 3.8) is 0 Å². The fourth-order valence-electron chi connectivity index (χ4n) is 4.81. The van der Waals surface area contributed by atoms with Gasteiger partial charge in [-0.3, -0.25) is 4.79 Å². The highest BCUT2D eigenvalue weighted by Crippen LogP contribution is 2.34. The lowest BCUT2D eigenvalue weighted by Crippen LogP contribution is -2.38. The van der Waals surface area contributed by atoms with E-state index in [1.165, 1.54) is 44.9 Å². The van der Waals surface area contributed by atoms with E-state index in [4.69, 9.17) is 14.7 Å². The van der Waals surface area contributed by atoms with E-state index in [1.807, 2.05) is 4.90 Å². The first-order valence-electron chi connectivity index (χ1n) is 12.0. The van der Waals surface area contributed by atoms with Crippen molar-refractivity contribution >= 4 is 17.7 Å². The normalized spacial score (nSPS) is 20.6. The minimum atomic E-state index is 0.0863. The van der Waals surface area contributed by atoms with Crippen LogP contribution in [0.25, 0.3) is 0 Å². The summed E-state index contributed by atoms with van der Waals surface area (Å²) in [6.45, 7) is 10.1. The Morgan fingerprint density at radius 2 is 1.73 bits per heavy atom. The molecular formula is C23H37N5O2. The molecule has 1 aromatic heterocycles. The zero-order valence-electron chi connectivity index (χ0n) is 18.7. The Hall–Kier alpha value is -1.89. The van der Waals surface area contributed by atoms with Crippen LogP contribution in [-0.2, 0) is 11.3 Å². The minimum absolute atomic E-state index is 0.0863. The number of aromatic nitrogens is 2. The van der Waals surface area contributed by atoms with Crippen molar-refractivity contribution < 1.29 is 9.53 Å². The molecule has 3 aliphatic rings. The number of amides is 1. The molecule has 0 N–H and O–H groups in total. The average molecular weight is 416 g/mol. The maximum atomic E-state index is 13.4. The van der Waals surface area contributed by atoms with Gasteiger partial charge in [0.1, 0.15) is 11.5 Å². The number of nitrogens with zero attached hydrogens (tertiary/aromatic N) is 5. The lowest BCUT2D eigenvalue weighted by molar-refractivity contribution is 0.0703. The van der Waals surface area contributed by atoms with Crippen molar-refractivity contribution in [1.82, 2.24) is 14.9 Å². The van der Waals surface area contributed by atoms with Crippen molar-refractivity contribution in [2.45, 2.75) is 77.8 Å². The summed E-state index contributed by atoms with van der Waals surface area (Å²) >= 11 is 0. The molecule has 2 fully saturated rings. The first kappa shape index (κ1) is 21.3. The number of morpholine rings is 1. The SMILES string of the molecule is CCCCCCC(C)N1Cc2c(nc(N3CCOCC3)nc2N2CCCCC2)C1=O. The molecule has 0 radical (unpaired) electrons. The number of unbranched alkanes of at least 4 members (excludes halogenated alkanes) is 3. The van der Waals surface area contributed by atoms with Gasteiger partial charge in [-0.2, -0.15) is 4.98 Å². The standard InChI is InChI=1S/C23H37N5O2/c1-3-4-5-7-10-18(2)28-17-19-20(22(28)29)24-23(27-13-15-30-16-14-27)25-21(19)26-11-8-6-9-12-26/h18H,3-17H2,1-2H3. The first-order valence-corrected chi connectivity index (χ1v) is 12.0. The van der Waals surface area contributed by atoms with E-state index in [0.29, 0.717) is 31.4 Å². The van der Waals surface area contributed by atoms with Gasteiger partial charge in [0.2, 0.25) is 5.95 Å². The molecule has 1 aromatic rings. The molecule has 4 heterocycles. The third-order valence-electron chi connectivity index (χ3n) is 6.72. The zero-order valence-corrected chi connectivity index (χ0v) is 18.7. The van der Waals surface area contributed by atoms with Crippen LogP contribution < -0.4 is 9.80 Å². The highest BCUT2D eigenvalue weighted by Gasteiger charge is 2.37. The largest absolute Gasteiger partial charge is 0.378 e. The molecule has 0 aromatic carbocycles. The second-order valence-electron chi connectivity index (χ2n) is 8.95. The summed E-state index contributed by atoms with van der Waals surface area (Å²) < 4.78 is 5.50. The van der Waals surface area contributed by atoms with Gasteiger partial charge in [0.05, 0.1) is 19.8 Å². The van der Waals surface area contributed by atoms with E-state index in [0.717, 1.165) is 44.0 Å². The summed E-state index contributed by atoms with van der Waals surface area (Å²) in [5, 5.41) is 0. The molecule has 0 spiro atoms. The van der Waals surface area contributed by atoms with Crippen molar-refractivity contribution in [2.75, 3.05) is 49.2 Å². The predicted octanol–water partition coefficient (Wildman–Crippen LogP) is 3.62. The number of ether oxygens (including phenoxy) is 1. The van der Waals surface area contributed by atoms with Gasteiger partial charge in [-0.1, -0.05) is 32.6 Å². The van der Waals surface area contributed by atoms with Crippen LogP contribution in [-0.4, -0.2) is 66.2 Å². The average Bonchev–Trinajstić information content (AvgIpc) is 3.14. The van der Waals surface area contributed by atoms with Crippen molar-refractivity contribution in [3.8, 4) is 0 Å².